The Hall–Kier alpha value is -3.48. The summed E-state index contributed by atoms with van der Waals surface area (Å²) >= 11 is 0. The lowest BCUT2D eigenvalue weighted by Gasteiger charge is -2.37. The number of hydrogen-bond donors (Lipinski definition) is 2. The largest absolute Gasteiger partial charge is 0.491 e. The molecule has 5 rings (SSSR count). The van der Waals surface area contributed by atoms with Gasteiger partial charge in [0.25, 0.3) is 11.8 Å². The number of rotatable bonds is 5. The van der Waals surface area contributed by atoms with Crippen LogP contribution in [0.1, 0.15) is 65.7 Å². The molecule has 4 aliphatic rings. The molecule has 4 aliphatic heterocycles. The molecule has 0 saturated carbocycles. The van der Waals surface area contributed by atoms with Crippen molar-refractivity contribution in [2.24, 2.45) is 11.8 Å². The molecule has 1 unspecified atom stereocenters. The molecule has 1 aromatic rings. The third-order valence-corrected chi connectivity index (χ3v) is 8.03. The molecule has 0 aromatic heterocycles. The van der Waals surface area contributed by atoms with Crippen LogP contribution >= 0.6 is 0 Å². The fourth-order valence-electron chi connectivity index (χ4n) is 6.06. The van der Waals surface area contributed by atoms with E-state index in [9.17, 15) is 37.1 Å². The van der Waals surface area contributed by atoms with E-state index in [1.54, 1.807) is 4.90 Å². The molecule has 0 radical (unpaired) electrons. The smallest absolute Gasteiger partial charge is 0.418 e. The van der Waals surface area contributed by atoms with Gasteiger partial charge in [0.15, 0.2) is 5.75 Å². The minimum Gasteiger partial charge on any atom is -0.418 e. The van der Waals surface area contributed by atoms with Crippen molar-refractivity contribution in [1.82, 2.24) is 15.5 Å². The topological polar surface area (TPSA) is 125 Å². The number of alkyl halides is 3. The monoisotopic (exact) mass is 550 g/mol. The van der Waals surface area contributed by atoms with Gasteiger partial charge in [-0.05, 0) is 75.6 Å². The first-order valence-corrected chi connectivity index (χ1v) is 13.2. The van der Waals surface area contributed by atoms with E-state index in [-0.39, 0.29) is 29.7 Å². The Balaban J connectivity index is 1.44. The van der Waals surface area contributed by atoms with Crippen LogP contribution in [-0.4, -0.2) is 72.9 Å². The SMILES string of the molecule is O=C1CCC(N2C(=O)c3ccc(OC(=O)C(F)(F)F)c(N4CCC(CC5CCNCC5)CC4)c3C2=O)C(=O)N1. The first kappa shape index (κ1) is 27.1. The quantitative estimate of drug-likeness (QED) is 0.325. The van der Waals surface area contributed by atoms with Crippen LogP contribution < -0.4 is 20.3 Å². The number of fused-ring (bicyclic) bond motifs is 1. The highest BCUT2D eigenvalue weighted by atomic mass is 19.4. The summed E-state index contributed by atoms with van der Waals surface area (Å²) in [5.74, 6) is -4.90. The van der Waals surface area contributed by atoms with Gasteiger partial charge in [0.1, 0.15) is 6.04 Å². The number of imide groups is 2. The number of hydrogen-bond acceptors (Lipinski definition) is 8. The maximum atomic E-state index is 13.6. The molecular formula is C26H29F3N4O6. The van der Waals surface area contributed by atoms with Crippen LogP contribution in [0.15, 0.2) is 12.1 Å². The third-order valence-electron chi connectivity index (χ3n) is 8.03. The summed E-state index contributed by atoms with van der Waals surface area (Å²) in [4.78, 5) is 65.1. The molecule has 3 saturated heterocycles. The van der Waals surface area contributed by atoms with Gasteiger partial charge in [-0.25, -0.2) is 4.79 Å². The van der Waals surface area contributed by atoms with Gasteiger partial charge >= 0.3 is 12.1 Å². The van der Waals surface area contributed by atoms with Gasteiger partial charge < -0.3 is 15.0 Å². The molecule has 0 spiro atoms. The molecule has 1 atom stereocenters. The first-order chi connectivity index (χ1) is 18.5. The average molecular weight is 551 g/mol. The second kappa shape index (κ2) is 10.6. The van der Waals surface area contributed by atoms with E-state index < -0.39 is 47.6 Å². The summed E-state index contributed by atoms with van der Waals surface area (Å²) in [5.41, 5.74) is -0.351. The van der Waals surface area contributed by atoms with Crippen LogP contribution in [0.5, 0.6) is 5.75 Å². The van der Waals surface area contributed by atoms with Crippen molar-refractivity contribution >= 4 is 35.3 Å². The number of carbonyl (C=O) groups is 5. The normalized spacial score (nSPS) is 23.2. The molecule has 39 heavy (non-hydrogen) atoms. The van der Waals surface area contributed by atoms with Crippen LogP contribution in [0.3, 0.4) is 0 Å². The maximum absolute atomic E-state index is 13.6. The fraction of sp³-hybridized carbons (Fsp3) is 0.577. The number of nitrogens with one attached hydrogen (secondary N) is 2. The van der Waals surface area contributed by atoms with Crippen molar-refractivity contribution in [3.63, 3.8) is 0 Å². The molecule has 210 valence electrons. The predicted molar refractivity (Wildman–Crippen MR) is 130 cm³/mol. The number of nitrogens with zero attached hydrogens (tertiary/aromatic N) is 2. The molecule has 4 heterocycles. The zero-order chi connectivity index (χ0) is 27.9. The second-order valence-electron chi connectivity index (χ2n) is 10.5. The summed E-state index contributed by atoms with van der Waals surface area (Å²) in [6.07, 6.45) is -0.735. The molecule has 13 heteroatoms. The summed E-state index contributed by atoms with van der Waals surface area (Å²) in [6.45, 7) is 2.74. The Labute approximate surface area is 222 Å². The molecule has 0 bridgehead atoms. The predicted octanol–water partition coefficient (Wildman–Crippen LogP) is 2.16. The Bertz CT molecular complexity index is 1200. The Morgan fingerprint density at radius 1 is 0.949 bits per heavy atom. The van der Waals surface area contributed by atoms with Gasteiger partial charge in [-0.1, -0.05) is 0 Å². The third kappa shape index (κ3) is 5.36. The molecule has 0 aliphatic carbocycles. The van der Waals surface area contributed by atoms with Crippen LogP contribution in [0, 0.1) is 11.8 Å². The Morgan fingerprint density at radius 2 is 1.62 bits per heavy atom. The summed E-state index contributed by atoms with van der Waals surface area (Å²) in [7, 11) is 0. The lowest BCUT2D eigenvalue weighted by atomic mass is 9.83. The first-order valence-electron chi connectivity index (χ1n) is 13.2. The molecular weight excluding hydrogens is 521 g/mol. The van der Waals surface area contributed by atoms with Gasteiger partial charge in [0.05, 0.1) is 16.8 Å². The number of ether oxygens (including phenoxy) is 1. The van der Waals surface area contributed by atoms with Crippen LogP contribution in [0.25, 0.3) is 0 Å². The highest BCUT2D eigenvalue weighted by molar-refractivity contribution is 6.26. The fourth-order valence-corrected chi connectivity index (χ4v) is 6.06. The number of esters is 1. The van der Waals surface area contributed by atoms with E-state index in [1.807, 2.05) is 0 Å². The number of anilines is 1. The van der Waals surface area contributed by atoms with Crippen LogP contribution in [0.2, 0.25) is 0 Å². The molecule has 3 fully saturated rings. The van der Waals surface area contributed by atoms with Crippen LogP contribution in [-0.2, 0) is 14.4 Å². The van der Waals surface area contributed by atoms with E-state index >= 15 is 0 Å². The number of piperidine rings is 3. The molecule has 4 amide bonds. The Kier molecular flexibility index (Phi) is 7.36. The van der Waals surface area contributed by atoms with Crippen molar-refractivity contribution < 1.29 is 41.9 Å². The Morgan fingerprint density at radius 3 is 2.26 bits per heavy atom. The minimum absolute atomic E-state index is 0.0569. The summed E-state index contributed by atoms with van der Waals surface area (Å²) in [6, 6.07) is 0.978. The minimum atomic E-state index is -5.27. The second-order valence-corrected chi connectivity index (χ2v) is 10.5. The van der Waals surface area contributed by atoms with Gasteiger partial charge in [-0.3, -0.25) is 29.4 Å². The summed E-state index contributed by atoms with van der Waals surface area (Å²) < 4.78 is 44.0. The highest BCUT2D eigenvalue weighted by Gasteiger charge is 2.48. The average Bonchev–Trinajstić information content (AvgIpc) is 3.14. The van der Waals surface area contributed by atoms with Gasteiger partial charge in [-0.2, -0.15) is 13.2 Å². The molecule has 10 nitrogen and oxygen atoms in total. The number of amides is 4. The highest BCUT2D eigenvalue weighted by Crippen LogP contribution is 2.43. The molecule has 1 aromatic carbocycles. The van der Waals surface area contributed by atoms with E-state index in [1.165, 1.54) is 0 Å². The van der Waals surface area contributed by atoms with Crippen molar-refractivity contribution in [3.05, 3.63) is 23.3 Å². The van der Waals surface area contributed by atoms with E-state index in [4.69, 9.17) is 4.74 Å². The van der Waals surface area contributed by atoms with E-state index in [2.05, 4.69) is 10.6 Å². The lowest BCUT2D eigenvalue weighted by Crippen LogP contribution is -2.54. The maximum Gasteiger partial charge on any atom is 0.491 e. The van der Waals surface area contributed by atoms with Crippen molar-refractivity contribution in [2.45, 2.75) is 57.2 Å². The zero-order valence-corrected chi connectivity index (χ0v) is 21.1. The van der Waals surface area contributed by atoms with Crippen molar-refractivity contribution in [3.8, 4) is 5.75 Å². The van der Waals surface area contributed by atoms with Gasteiger partial charge in [0, 0.05) is 19.5 Å². The number of halogens is 3. The number of benzene rings is 1. The van der Waals surface area contributed by atoms with Crippen LogP contribution in [0.4, 0.5) is 18.9 Å². The molecule has 2 N–H and O–H groups in total. The van der Waals surface area contributed by atoms with E-state index in [0.29, 0.717) is 24.9 Å². The zero-order valence-electron chi connectivity index (χ0n) is 21.1. The summed E-state index contributed by atoms with van der Waals surface area (Å²) in [5, 5.41) is 5.45. The lowest BCUT2D eigenvalue weighted by molar-refractivity contribution is -0.189. The van der Waals surface area contributed by atoms with Gasteiger partial charge in [-0.15, -0.1) is 0 Å². The van der Waals surface area contributed by atoms with Crippen molar-refractivity contribution in [2.75, 3.05) is 31.1 Å². The number of carbonyl (C=O) groups excluding carboxylic acids is 5. The standard InChI is InChI=1S/C26H29F3N4O6/c27-26(28,29)25(38)39-18-3-1-16-20(24(37)33(23(16)36)17-2-4-19(34)31-22(17)35)21(18)32-11-7-15(8-12-32)13-14-5-9-30-10-6-14/h1,3,14-15,17,30H,2,4-13H2,(H,31,34,35). The van der Waals surface area contributed by atoms with Gasteiger partial charge in [0.2, 0.25) is 11.8 Å². The van der Waals surface area contributed by atoms with E-state index in [0.717, 1.165) is 62.2 Å². The van der Waals surface area contributed by atoms with Crippen molar-refractivity contribution in [1.29, 1.82) is 0 Å².